The van der Waals surface area contributed by atoms with Crippen molar-refractivity contribution >= 4 is 12.4 Å². The predicted molar refractivity (Wildman–Crippen MR) is 82.4 cm³/mol. The van der Waals surface area contributed by atoms with E-state index in [9.17, 15) is 8.78 Å². The summed E-state index contributed by atoms with van der Waals surface area (Å²) >= 11 is 0. The topological polar surface area (TPSA) is 29.3 Å². The molecule has 1 saturated carbocycles. The van der Waals surface area contributed by atoms with E-state index in [-0.39, 0.29) is 24.5 Å². The van der Waals surface area contributed by atoms with Crippen molar-refractivity contribution in [1.82, 2.24) is 4.90 Å². The smallest absolute Gasteiger partial charge is 0.130 e. The summed E-state index contributed by atoms with van der Waals surface area (Å²) in [7, 11) is 0. The molecule has 21 heavy (non-hydrogen) atoms. The Morgan fingerprint density at radius 2 is 2.00 bits per heavy atom. The van der Waals surface area contributed by atoms with E-state index in [4.69, 9.17) is 5.73 Å². The highest BCUT2D eigenvalue weighted by Crippen LogP contribution is 2.39. The molecule has 2 aliphatic rings. The van der Waals surface area contributed by atoms with Crippen molar-refractivity contribution in [3.63, 3.8) is 0 Å². The van der Waals surface area contributed by atoms with Gasteiger partial charge in [0.1, 0.15) is 11.6 Å². The Bertz CT molecular complexity index is 497. The molecule has 0 amide bonds. The van der Waals surface area contributed by atoms with E-state index in [0.717, 1.165) is 25.6 Å². The highest BCUT2D eigenvalue weighted by atomic mass is 35.5. The number of halogens is 3. The van der Waals surface area contributed by atoms with Crippen molar-refractivity contribution in [2.75, 3.05) is 13.1 Å². The van der Waals surface area contributed by atoms with Gasteiger partial charge >= 0.3 is 0 Å². The first-order valence-electron chi connectivity index (χ1n) is 7.51. The van der Waals surface area contributed by atoms with Gasteiger partial charge in [0.2, 0.25) is 0 Å². The maximum atomic E-state index is 13.9. The van der Waals surface area contributed by atoms with Crippen LogP contribution in [0.25, 0.3) is 0 Å². The van der Waals surface area contributed by atoms with Gasteiger partial charge in [-0.2, -0.15) is 0 Å². The molecule has 1 saturated heterocycles. The summed E-state index contributed by atoms with van der Waals surface area (Å²) in [6.07, 6.45) is 3.54. The van der Waals surface area contributed by atoms with Crippen molar-refractivity contribution < 1.29 is 8.78 Å². The van der Waals surface area contributed by atoms with Crippen LogP contribution in [0, 0.1) is 23.5 Å². The van der Waals surface area contributed by atoms with Gasteiger partial charge in [-0.15, -0.1) is 12.4 Å². The zero-order valence-corrected chi connectivity index (χ0v) is 13.1. The zero-order valence-electron chi connectivity index (χ0n) is 12.3. The van der Waals surface area contributed by atoms with Crippen LogP contribution in [0.4, 0.5) is 8.78 Å². The van der Waals surface area contributed by atoms with Crippen LogP contribution in [-0.4, -0.2) is 24.0 Å². The maximum absolute atomic E-state index is 13.9. The van der Waals surface area contributed by atoms with E-state index in [1.165, 1.54) is 18.9 Å². The maximum Gasteiger partial charge on any atom is 0.130 e. The Balaban J connectivity index is 0.00000161. The van der Waals surface area contributed by atoms with Crippen LogP contribution in [0.15, 0.2) is 18.2 Å². The number of nitrogens with two attached hydrogens (primary N) is 1. The number of hydrogen-bond donors (Lipinski definition) is 1. The number of likely N-dealkylation sites (tertiary alicyclic amines) is 1. The Morgan fingerprint density at radius 1 is 1.24 bits per heavy atom. The minimum absolute atomic E-state index is 0. The van der Waals surface area contributed by atoms with Crippen molar-refractivity contribution in [2.45, 2.75) is 38.3 Å². The van der Waals surface area contributed by atoms with Gasteiger partial charge in [-0.25, -0.2) is 8.78 Å². The monoisotopic (exact) mass is 316 g/mol. The van der Waals surface area contributed by atoms with Crippen LogP contribution in [0.5, 0.6) is 0 Å². The third kappa shape index (κ3) is 3.22. The largest absolute Gasteiger partial charge is 0.327 e. The molecule has 1 heterocycles. The third-order valence-corrected chi connectivity index (χ3v) is 5.14. The normalized spacial score (nSPS) is 30.6. The van der Waals surface area contributed by atoms with Crippen LogP contribution in [0.3, 0.4) is 0 Å². The Kier molecular flexibility index (Phi) is 5.23. The minimum atomic E-state index is -0.518. The summed E-state index contributed by atoms with van der Waals surface area (Å²) < 4.78 is 26.9. The van der Waals surface area contributed by atoms with Gasteiger partial charge in [0.25, 0.3) is 0 Å². The van der Waals surface area contributed by atoms with Crippen LogP contribution >= 0.6 is 12.4 Å². The van der Waals surface area contributed by atoms with Gasteiger partial charge in [0.15, 0.2) is 0 Å². The van der Waals surface area contributed by atoms with E-state index in [1.54, 1.807) is 6.07 Å². The standard InChI is InChI=1S/C16H22F2N2.ClH/c1-10(13-6-5-12(17)7-15(13)18)20-8-11-3-2-4-16(19)14(11)9-20;/h5-7,10-11,14,16H,2-4,8-9,19H2,1H3;1H. The molecular weight excluding hydrogens is 294 g/mol. The van der Waals surface area contributed by atoms with Crippen molar-refractivity contribution in [3.8, 4) is 0 Å². The molecular formula is C16H23ClF2N2. The quantitative estimate of drug-likeness (QED) is 0.904. The molecule has 0 aromatic heterocycles. The van der Waals surface area contributed by atoms with E-state index in [2.05, 4.69) is 4.90 Å². The predicted octanol–water partition coefficient (Wildman–Crippen LogP) is 3.51. The van der Waals surface area contributed by atoms with Crippen molar-refractivity contribution in [2.24, 2.45) is 17.6 Å². The molecule has 1 aromatic carbocycles. The van der Waals surface area contributed by atoms with E-state index in [0.29, 0.717) is 17.4 Å². The summed E-state index contributed by atoms with van der Waals surface area (Å²) in [5, 5.41) is 0. The molecule has 4 atom stereocenters. The lowest BCUT2D eigenvalue weighted by Crippen LogP contribution is -2.38. The van der Waals surface area contributed by atoms with Crippen molar-refractivity contribution in [3.05, 3.63) is 35.4 Å². The van der Waals surface area contributed by atoms with Crippen LogP contribution in [0.2, 0.25) is 0 Å². The number of fused-ring (bicyclic) bond motifs is 1. The molecule has 4 unspecified atom stereocenters. The summed E-state index contributed by atoms with van der Waals surface area (Å²) in [5.74, 6) is 0.214. The first-order valence-corrected chi connectivity index (χ1v) is 7.51. The van der Waals surface area contributed by atoms with E-state index in [1.807, 2.05) is 6.92 Å². The lowest BCUT2D eigenvalue weighted by atomic mass is 9.78. The molecule has 1 aliphatic heterocycles. The first kappa shape index (κ1) is 16.7. The van der Waals surface area contributed by atoms with Gasteiger partial charge in [0, 0.05) is 36.8 Å². The molecule has 0 bridgehead atoms. The number of benzene rings is 1. The zero-order chi connectivity index (χ0) is 14.3. The van der Waals surface area contributed by atoms with Gasteiger partial charge in [-0.1, -0.05) is 12.5 Å². The number of rotatable bonds is 2. The Labute approximate surface area is 131 Å². The van der Waals surface area contributed by atoms with Gasteiger partial charge in [-0.3, -0.25) is 4.90 Å². The second kappa shape index (κ2) is 6.59. The van der Waals surface area contributed by atoms with Gasteiger partial charge in [0.05, 0.1) is 0 Å². The Hall–Kier alpha value is -0.710. The SMILES string of the molecule is CC(c1ccc(F)cc1F)N1CC2CCCC(N)C2C1.Cl. The highest BCUT2D eigenvalue weighted by Gasteiger charge is 2.40. The van der Waals surface area contributed by atoms with E-state index < -0.39 is 11.6 Å². The molecule has 1 aromatic rings. The summed E-state index contributed by atoms with van der Waals surface area (Å²) in [4.78, 5) is 2.30. The van der Waals surface area contributed by atoms with Gasteiger partial charge < -0.3 is 5.73 Å². The second-order valence-electron chi connectivity index (χ2n) is 6.31. The summed E-state index contributed by atoms with van der Waals surface area (Å²) in [6.45, 7) is 3.92. The average molecular weight is 317 g/mol. The highest BCUT2D eigenvalue weighted by molar-refractivity contribution is 5.85. The Morgan fingerprint density at radius 3 is 2.67 bits per heavy atom. The number of nitrogens with zero attached hydrogens (tertiary/aromatic N) is 1. The van der Waals surface area contributed by atoms with E-state index >= 15 is 0 Å². The summed E-state index contributed by atoms with van der Waals surface area (Å²) in [5.41, 5.74) is 6.80. The molecule has 2 nitrogen and oxygen atoms in total. The molecule has 0 spiro atoms. The molecule has 118 valence electrons. The summed E-state index contributed by atoms with van der Waals surface area (Å²) in [6, 6.07) is 4.14. The minimum Gasteiger partial charge on any atom is -0.327 e. The first-order chi connectivity index (χ1) is 9.56. The van der Waals surface area contributed by atoms with Gasteiger partial charge in [-0.05, 0) is 37.7 Å². The van der Waals surface area contributed by atoms with Crippen LogP contribution in [-0.2, 0) is 0 Å². The molecule has 2 fully saturated rings. The molecule has 5 heteroatoms. The second-order valence-corrected chi connectivity index (χ2v) is 6.31. The molecule has 3 rings (SSSR count). The fourth-order valence-corrected chi connectivity index (χ4v) is 3.90. The molecule has 2 N–H and O–H groups in total. The van der Waals surface area contributed by atoms with Crippen molar-refractivity contribution in [1.29, 1.82) is 0 Å². The fourth-order valence-electron chi connectivity index (χ4n) is 3.90. The third-order valence-electron chi connectivity index (χ3n) is 5.14. The molecule has 1 aliphatic carbocycles. The average Bonchev–Trinajstić information content (AvgIpc) is 2.83. The van der Waals surface area contributed by atoms with Crippen LogP contribution < -0.4 is 5.73 Å². The molecule has 0 radical (unpaired) electrons. The number of hydrogen-bond acceptors (Lipinski definition) is 2. The van der Waals surface area contributed by atoms with Crippen LogP contribution in [0.1, 0.15) is 37.8 Å². The lowest BCUT2D eigenvalue weighted by Gasteiger charge is -2.30. The lowest BCUT2D eigenvalue weighted by molar-refractivity contribution is 0.240. The fraction of sp³-hybridized carbons (Fsp3) is 0.625.